The van der Waals surface area contributed by atoms with Gasteiger partial charge in [0.15, 0.2) is 0 Å². The molecule has 3 aromatic rings. The van der Waals surface area contributed by atoms with E-state index in [2.05, 4.69) is 20.1 Å². The average molecular weight is 485 g/mol. The number of rotatable bonds is 4. The Hall–Kier alpha value is -3.89. The number of aromatic nitrogens is 3. The number of nitrogens with one attached hydrogen (secondary N) is 1. The number of hydrogen-bond acceptors (Lipinski definition) is 5. The molecule has 2 saturated heterocycles. The molecule has 0 saturated carbocycles. The molecule has 1 N–H and O–H groups in total. The molecule has 2 amide bonds. The van der Waals surface area contributed by atoms with Crippen LogP contribution in [0.3, 0.4) is 0 Å². The molecule has 2 aliphatic rings. The van der Waals surface area contributed by atoms with Crippen LogP contribution in [0.2, 0.25) is 0 Å². The molecule has 5 rings (SSSR count). The molecule has 2 fully saturated rings. The van der Waals surface area contributed by atoms with Crippen LogP contribution < -0.4 is 4.74 Å². The van der Waals surface area contributed by atoms with Crippen molar-refractivity contribution < 1.29 is 27.5 Å². The summed E-state index contributed by atoms with van der Waals surface area (Å²) in [5.74, 6) is -0.0159. The summed E-state index contributed by atoms with van der Waals surface area (Å²) in [6.07, 6.45) is -0.938. The van der Waals surface area contributed by atoms with Crippen molar-refractivity contribution in [2.45, 2.75) is 12.8 Å². The van der Waals surface area contributed by atoms with Crippen molar-refractivity contribution in [3.05, 3.63) is 59.7 Å². The maximum absolute atomic E-state index is 13.0. The van der Waals surface area contributed by atoms with E-state index < -0.39 is 6.36 Å². The highest BCUT2D eigenvalue weighted by atomic mass is 19.4. The van der Waals surface area contributed by atoms with Gasteiger partial charge in [-0.05, 0) is 60.2 Å². The van der Waals surface area contributed by atoms with Gasteiger partial charge in [-0.25, -0.2) is 0 Å². The molecule has 0 radical (unpaired) electrons. The Morgan fingerprint density at radius 3 is 2.54 bits per heavy atom. The van der Waals surface area contributed by atoms with Crippen LogP contribution in [0.25, 0.3) is 17.1 Å². The Kier molecular flexibility index (Phi) is 5.91. The van der Waals surface area contributed by atoms with Gasteiger partial charge in [-0.15, -0.1) is 18.3 Å². The second-order valence-electron chi connectivity index (χ2n) is 8.80. The number of alkyl halides is 3. The Balaban J connectivity index is 1.17. The quantitative estimate of drug-likeness (QED) is 0.572. The first kappa shape index (κ1) is 22.9. The van der Waals surface area contributed by atoms with Gasteiger partial charge in [0.1, 0.15) is 11.3 Å². The molecule has 1 aromatic heterocycles. The highest BCUT2D eigenvalue weighted by molar-refractivity contribution is 5.97. The van der Waals surface area contributed by atoms with Crippen LogP contribution in [0.15, 0.2) is 48.5 Å². The predicted octanol–water partition coefficient (Wildman–Crippen LogP) is 3.49. The molecule has 2 aromatic carbocycles. The number of fused-ring (bicyclic) bond motifs is 2. The van der Waals surface area contributed by atoms with Gasteiger partial charge in [0.05, 0.1) is 5.52 Å². The van der Waals surface area contributed by atoms with Crippen molar-refractivity contribution in [3.8, 4) is 5.75 Å². The lowest BCUT2D eigenvalue weighted by molar-refractivity contribution is -0.274. The zero-order valence-corrected chi connectivity index (χ0v) is 18.5. The zero-order chi connectivity index (χ0) is 24.6. The summed E-state index contributed by atoms with van der Waals surface area (Å²) in [7, 11) is 0. The van der Waals surface area contributed by atoms with Crippen LogP contribution in [0, 0.1) is 11.8 Å². The number of piperidine rings is 1. The summed E-state index contributed by atoms with van der Waals surface area (Å²) in [5.41, 5.74) is 2.55. The van der Waals surface area contributed by atoms with Gasteiger partial charge in [-0.1, -0.05) is 17.3 Å². The predicted molar refractivity (Wildman–Crippen MR) is 120 cm³/mol. The molecule has 182 valence electrons. The summed E-state index contributed by atoms with van der Waals surface area (Å²) < 4.78 is 40.7. The fourth-order valence-electron chi connectivity index (χ4n) is 4.74. The number of carbonyl (C=O) groups excluding carboxylic acids is 2. The fraction of sp³-hybridized carbons (Fsp3) is 0.333. The van der Waals surface area contributed by atoms with E-state index in [1.807, 2.05) is 4.90 Å². The second-order valence-corrected chi connectivity index (χ2v) is 8.80. The smallest absolute Gasteiger partial charge is 0.406 e. The number of H-pyrrole nitrogens is 1. The van der Waals surface area contributed by atoms with Crippen molar-refractivity contribution in [2.75, 3.05) is 26.2 Å². The minimum Gasteiger partial charge on any atom is -0.406 e. The number of benzene rings is 2. The number of halogens is 3. The first-order chi connectivity index (χ1) is 16.7. The highest BCUT2D eigenvalue weighted by Crippen LogP contribution is 2.32. The highest BCUT2D eigenvalue weighted by Gasteiger charge is 2.39. The van der Waals surface area contributed by atoms with Crippen LogP contribution in [0.5, 0.6) is 5.75 Å². The van der Waals surface area contributed by atoms with E-state index in [0.717, 1.165) is 11.9 Å². The van der Waals surface area contributed by atoms with Crippen molar-refractivity contribution >= 4 is 28.9 Å². The lowest BCUT2D eigenvalue weighted by Gasteiger charge is -2.34. The van der Waals surface area contributed by atoms with Crippen LogP contribution >= 0.6 is 0 Å². The SMILES string of the molecule is O=C(C=Cc1ccc(OC(F)(F)F)cc1)N1C[C@H]2CCN(C(=O)c3ccc4[nH]nnc4c3)C[C@@H]2C1. The largest absolute Gasteiger partial charge is 0.573 e. The minimum atomic E-state index is -4.75. The number of carbonyl (C=O) groups is 2. The lowest BCUT2D eigenvalue weighted by Crippen LogP contribution is -2.43. The molecule has 0 bridgehead atoms. The number of amides is 2. The van der Waals surface area contributed by atoms with Crippen molar-refractivity contribution in [2.24, 2.45) is 11.8 Å². The van der Waals surface area contributed by atoms with Gasteiger partial charge in [-0.2, -0.15) is 0 Å². The third-order valence-corrected chi connectivity index (χ3v) is 6.50. The van der Waals surface area contributed by atoms with Crippen molar-refractivity contribution in [1.82, 2.24) is 25.2 Å². The van der Waals surface area contributed by atoms with Crippen LogP contribution in [-0.2, 0) is 4.79 Å². The van der Waals surface area contributed by atoms with Gasteiger partial charge in [0, 0.05) is 37.8 Å². The second kappa shape index (κ2) is 9.05. The van der Waals surface area contributed by atoms with E-state index >= 15 is 0 Å². The third-order valence-electron chi connectivity index (χ3n) is 6.50. The Morgan fingerprint density at radius 2 is 1.77 bits per heavy atom. The minimum absolute atomic E-state index is 0.0593. The lowest BCUT2D eigenvalue weighted by atomic mass is 9.88. The molecule has 0 aliphatic carbocycles. The normalized spacial score (nSPS) is 20.4. The molecular weight excluding hydrogens is 463 g/mol. The molecule has 35 heavy (non-hydrogen) atoms. The molecule has 2 aliphatic heterocycles. The van der Waals surface area contributed by atoms with Gasteiger partial charge < -0.3 is 14.5 Å². The van der Waals surface area contributed by atoms with Gasteiger partial charge in [0.2, 0.25) is 5.91 Å². The van der Waals surface area contributed by atoms with Crippen molar-refractivity contribution in [3.63, 3.8) is 0 Å². The standard InChI is InChI=1S/C24H22F3N5O3/c25-24(26,27)35-19-5-1-15(2-6-19)3-8-22(33)32-12-17-9-10-31(13-18(17)14-32)23(34)16-4-7-20-21(11-16)29-30-28-20/h1-8,11,17-18H,9-10,12-14H2,(H,28,29,30)/t17-,18-/m1/s1. The number of ether oxygens (including phenoxy) is 1. The van der Waals surface area contributed by atoms with Gasteiger partial charge in [0.25, 0.3) is 5.91 Å². The summed E-state index contributed by atoms with van der Waals surface area (Å²) >= 11 is 0. The first-order valence-electron chi connectivity index (χ1n) is 11.2. The van der Waals surface area contributed by atoms with E-state index in [1.54, 1.807) is 29.2 Å². The number of aromatic amines is 1. The van der Waals surface area contributed by atoms with E-state index in [0.29, 0.717) is 48.7 Å². The molecule has 0 spiro atoms. The van der Waals surface area contributed by atoms with Crippen molar-refractivity contribution in [1.29, 1.82) is 0 Å². The van der Waals surface area contributed by atoms with Gasteiger partial charge >= 0.3 is 6.36 Å². The monoisotopic (exact) mass is 485 g/mol. The first-order valence-corrected chi connectivity index (χ1v) is 11.2. The van der Waals surface area contributed by atoms with Crippen LogP contribution in [0.1, 0.15) is 22.3 Å². The number of likely N-dealkylation sites (tertiary alicyclic amines) is 2. The molecule has 2 atom stereocenters. The molecule has 11 heteroatoms. The van der Waals surface area contributed by atoms with Crippen LogP contribution in [0.4, 0.5) is 13.2 Å². The Bertz CT molecular complexity index is 1270. The summed E-state index contributed by atoms with van der Waals surface area (Å²) in [6, 6.07) is 10.6. The van der Waals surface area contributed by atoms with E-state index in [9.17, 15) is 22.8 Å². The molecular formula is C24H22F3N5O3. The van der Waals surface area contributed by atoms with E-state index in [-0.39, 0.29) is 23.5 Å². The summed E-state index contributed by atoms with van der Waals surface area (Å²) in [6.45, 7) is 2.38. The molecule has 3 heterocycles. The van der Waals surface area contributed by atoms with Crippen LogP contribution in [-0.4, -0.2) is 69.6 Å². The maximum atomic E-state index is 13.0. The molecule has 8 nitrogen and oxygen atoms in total. The third kappa shape index (κ3) is 5.13. The Morgan fingerprint density at radius 1 is 1.03 bits per heavy atom. The summed E-state index contributed by atoms with van der Waals surface area (Å²) in [4.78, 5) is 29.4. The fourth-order valence-corrected chi connectivity index (χ4v) is 4.74. The van der Waals surface area contributed by atoms with E-state index in [4.69, 9.17) is 0 Å². The topological polar surface area (TPSA) is 91.4 Å². The molecule has 0 unspecified atom stereocenters. The number of nitrogens with zero attached hydrogens (tertiary/aromatic N) is 4. The maximum Gasteiger partial charge on any atom is 0.573 e. The van der Waals surface area contributed by atoms with Gasteiger partial charge in [-0.3, -0.25) is 14.7 Å². The number of hydrogen-bond donors (Lipinski definition) is 1. The zero-order valence-electron chi connectivity index (χ0n) is 18.5. The van der Waals surface area contributed by atoms with E-state index in [1.165, 1.54) is 30.3 Å². The summed E-state index contributed by atoms with van der Waals surface area (Å²) in [5, 5.41) is 10.5. The Labute approximate surface area is 198 Å². The average Bonchev–Trinajstić information content (AvgIpc) is 3.48.